The number of hydrogen-bond donors (Lipinski definition) is 6. The van der Waals surface area contributed by atoms with Crippen molar-refractivity contribution in [1.29, 1.82) is 0 Å². The molecule has 0 aliphatic heterocycles. The van der Waals surface area contributed by atoms with Crippen LogP contribution in [0.25, 0.3) is 0 Å². The summed E-state index contributed by atoms with van der Waals surface area (Å²) in [4.78, 5) is 80.8. The molecule has 336 valence electrons. The second kappa shape index (κ2) is 24.1. The van der Waals surface area contributed by atoms with Gasteiger partial charge in [0.05, 0.1) is 0 Å². The molecular weight excluding hydrogens is 801 g/mol. The number of ether oxygens (including phenoxy) is 2. The van der Waals surface area contributed by atoms with Gasteiger partial charge in [0.15, 0.2) is 0 Å². The summed E-state index contributed by atoms with van der Waals surface area (Å²) in [5, 5.41) is 16.8. The topological polar surface area (TPSA) is 193 Å². The van der Waals surface area contributed by atoms with Gasteiger partial charge in [-0.15, -0.1) is 0 Å². The molecule has 0 heterocycles. The highest BCUT2D eigenvalue weighted by Gasteiger charge is 2.31. The van der Waals surface area contributed by atoms with Gasteiger partial charge in [0.2, 0.25) is 23.6 Å². The minimum Gasteiger partial charge on any atom is -0.444 e. The quantitative estimate of drug-likeness (QED) is 0.0642. The van der Waals surface area contributed by atoms with E-state index >= 15 is 0 Å². The van der Waals surface area contributed by atoms with Crippen molar-refractivity contribution in [2.75, 3.05) is 13.1 Å². The fourth-order valence-corrected chi connectivity index (χ4v) is 6.44. The zero-order valence-corrected chi connectivity index (χ0v) is 37.1. The SMILES string of the molecule is CC(C)(C)OC(=O)N[C@@H](Cc1ccccc1)C(=O)N[C@@H](Cc1ccccc1)C(=O)NCCCNC(=O)[C@H](Cc1ccccc1)NC(=O)[C@H](Cc1ccccc1)NC(=O)OC(C)(C)C. The van der Waals surface area contributed by atoms with E-state index in [0.29, 0.717) is 6.42 Å². The predicted molar refractivity (Wildman–Crippen MR) is 241 cm³/mol. The van der Waals surface area contributed by atoms with Gasteiger partial charge in [-0.1, -0.05) is 121 Å². The van der Waals surface area contributed by atoms with Crippen LogP contribution < -0.4 is 31.9 Å². The van der Waals surface area contributed by atoms with Gasteiger partial charge in [-0.05, 0) is 70.2 Å². The Morgan fingerprint density at radius 1 is 0.397 bits per heavy atom. The summed E-state index contributed by atoms with van der Waals surface area (Å²) in [6.45, 7) is 10.7. The maximum Gasteiger partial charge on any atom is 0.408 e. The Labute approximate surface area is 370 Å². The molecule has 0 aromatic heterocycles. The van der Waals surface area contributed by atoms with Crippen molar-refractivity contribution in [2.45, 2.75) is 109 Å². The lowest BCUT2D eigenvalue weighted by Gasteiger charge is -2.26. The lowest BCUT2D eigenvalue weighted by molar-refractivity contribution is -0.130. The highest BCUT2D eigenvalue weighted by molar-refractivity contribution is 5.92. The summed E-state index contributed by atoms with van der Waals surface area (Å²) in [5.41, 5.74) is 1.63. The van der Waals surface area contributed by atoms with Crippen LogP contribution in [0.4, 0.5) is 9.59 Å². The van der Waals surface area contributed by atoms with Crippen LogP contribution in [0.5, 0.6) is 0 Å². The minimum atomic E-state index is -1.05. The van der Waals surface area contributed by atoms with E-state index in [0.717, 1.165) is 22.3 Å². The van der Waals surface area contributed by atoms with E-state index in [1.807, 2.05) is 121 Å². The Morgan fingerprint density at radius 2 is 0.651 bits per heavy atom. The van der Waals surface area contributed by atoms with Gasteiger partial charge >= 0.3 is 12.2 Å². The first-order valence-corrected chi connectivity index (χ1v) is 21.2. The molecule has 0 bridgehead atoms. The number of rotatable bonds is 20. The third-order valence-electron chi connectivity index (χ3n) is 9.36. The molecule has 4 aromatic carbocycles. The van der Waals surface area contributed by atoms with Gasteiger partial charge in [-0.2, -0.15) is 0 Å². The van der Waals surface area contributed by atoms with Crippen molar-refractivity contribution < 1.29 is 38.2 Å². The maximum atomic E-state index is 13.9. The number of alkyl carbamates (subject to hydrolysis) is 2. The van der Waals surface area contributed by atoms with Crippen LogP contribution in [0.15, 0.2) is 121 Å². The summed E-state index contributed by atoms with van der Waals surface area (Å²) >= 11 is 0. The standard InChI is InChI=1S/C49H62N6O8/c1-48(2,3)62-46(60)54-40(32-36-24-15-9-16-25-36)44(58)52-38(30-34-20-11-7-12-21-34)42(56)50-28-19-29-51-43(57)39(31-35-22-13-8-14-23-35)53-45(59)41(33-37-26-17-10-18-27-37)55-47(61)63-49(4,5)6/h7-18,20-27,38-41H,19,28-33H2,1-6H3,(H,50,56)(H,51,57)(H,52,58)(H,53,59)(H,54,60)(H,55,61)/t38-,39-,40-,41-/m0/s1. The first kappa shape index (κ1) is 49.0. The molecule has 63 heavy (non-hydrogen) atoms. The van der Waals surface area contributed by atoms with Gasteiger partial charge in [0, 0.05) is 38.8 Å². The normalized spacial score (nSPS) is 13.2. The molecule has 4 rings (SSSR count). The molecule has 6 amide bonds. The molecule has 0 spiro atoms. The molecule has 14 heteroatoms. The number of nitrogens with one attached hydrogen (secondary N) is 6. The largest absolute Gasteiger partial charge is 0.444 e. The Morgan fingerprint density at radius 3 is 0.905 bits per heavy atom. The molecule has 0 fully saturated rings. The van der Waals surface area contributed by atoms with Gasteiger partial charge in [0.25, 0.3) is 0 Å². The van der Waals surface area contributed by atoms with Crippen molar-refractivity contribution in [2.24, 2.45) is 0 Å². The average Bonchev–Trinajstić information content (AvgIpc) is 3.22. The average molecular weight is 863 g/mol. The van der Waals surface area contributed by atoms with Crippen LogP contribution in [0.3, 0.4) is 0 Å². The molecule has 6 N–H and O–H groups in total. The first-order valence-electron chi connectivity index (χ1n) is 21.2. The predicted octanol–water partition coefficient (Wildman–Crippen LogP) is 5.34. The van der Waals surface area contributed by atoms with Crippen LogP contribution in [0.1, 0.15) is 70.2 Å². The number of hydrogen-bond acceptors (Lipinski definition) is 8. The molecule has 0 aliphatic carbocycles. The van der Waals surface area contributed by atoms with E-state index in [2.05, 4.69) is 31.9 Å². The zero-order chi connectivity index (χ0) is 45.8. The number of benzene rings is 4. The lowest BCUT2D eigenvalue weighted by atomic mass is 10.0. The van der Waals surface area contributed by atoms with E-state index in [4.69, 9.17) is 9.47 Å². The highest BCUT2D eigenvalue weighted by atomic mass is 16.6. The maximum absolute atomic E-state index is 13.9. The first-order chi connectivity index (χ1) is 29.9. The minimum absolute atomic E-state index is 0.151. The fourth-order valence-electron chi connectivity index (χ4n) is 6.44. The van der Waals surface area contributed by atoms with Crippen molar-refractivity contribution in [3.8, 4) is 0 Å². The summed E-state index contributed by atoms with van der Waals surface area (Å²) in [6, 6.07) is 32.8. The summed E-state index contributed by atoms with van der Waals surface area (Å²) in [7, 11) is 0. The molecule has 0 aliphatic rings. The smallest absolute Gasteiger partial charge is 0.408 e. The number of carbonyl (C=O) groups is 6. The lowest BCUT2D eigenvalue weighted by Crippen LogP contribution is -2.56. The van der Waals surface area contributed by atoms with Crippen LogP contribution >= 0.6 is 0 Å². The number of carbonyl (C=O) groups excluding carboxylic acids is 6. The van der Waals surface area contributed by atoms with Crippen LogP contribution in [-0.4, -0.2) is 84.3 Å². The summed E-state index contributed by atoms with van der Waals surface area (Å²) < 4.78 is 10.9. The van der Waals surface area contributed by atoms with Crippen LogP contribution in [0, 0.1) is 0 Å². The monoisotopic (exact) mass is 862 g/mol. The molecule has 0 radical (unpaired) electrons. The molecule has 4 aromatic rings. The van der Waals surface area contributed by atoms with Gasteiger partial charge < -0.3 is 41.4 Å². The van der Waals surface area contributed by atoms with Crippen molar-refractivity contribution in [3.63, 3.8) is 0 Å². The molecule has 0 saturated carbocycles. The summed E-state index contributed by atoms with van der Waals surface area (Å²) in [6.07, 6.45) is -0.540. The Hall–Kier alpha value is -6.70. The summed E-state index contributed by atoms with van der Waals surface area (Å²) in [5.74, 6) is -2.03. The molecule has 4 atom stereocenters. The van der Waals surface area contributed by atoms with E-state index < -0.39 is 71.2 Å². The number of amides is 6. The molecule has 0 unspecified atom stereocenters. The van der Waals surface area contributed by atoms with Gasteiger partial charge in [0.1, 0.15) is 35.4 Å². The molecule has 0 saturated heterocycles. The van der Waals surface area contributed by atoms with Crippen molar-refractivity contribution in [1.82, 2.24) is 31.9 Å². The Kier molecular flexibility index (Phi) is 18.7. The van der Waals surface area contributed by atoms with Gasteiger partial charge in [-0.3, -0.25) is 19.2 Å². The fraction of sp³-hybridized carbons (Fsp3) is 0.388. The van der Waals surface area contributed by atoms with Crippen molar-refractivity contribution >= 4 is 35.8 Å². The van der Waals surface area contributed by atoms with Crippen molar-refractivity contribution in [3.05, 3.63) is 144 Å². The second-order valence-corrected chi connectivity index (χ2v) is 17.2. The van der Waals surface area contributed by atoms with E-state index in [9.17, 15) is 28.8 Å². The van der Waals surface area contributed by atoms with Crippen LogP contribution in [-0.2, 0) is 54.3 Å². The second-order valence-electron chi connectivity index (χ2n) is 17.2. The highest BCUT2D eigenvalue weighted by Crippen LogP contribution is 2.12. The van der Waals surface area contributed by atoms with Gasteiger partial charge in [-0.25, -0.2) is 9.59 Å². The van der Waals surface area contributed by atoms with E-state index in [1.165, 1.54) is 0 Å². The Bertz CT molecular complexity index is 1920. The third kappa shape index (κ3) is 18.8. The Balaban J connectivity index is 1.41. The van der Waals surface area contributed by atoms with Crippen LogP contribution in [0.2, 0.25) is 0 Å². The third-order valence-corrected chi connectivity index (χ3v) is 9.36. The molecular formula is C49H62N6O8. The molecule has 14 nitrogen and oxygen atoms in total. The zero-order valence-electron chi connectivity index (χ0n) is 37.1. The van der Waals surface area contributed by atoms with E-state index in [1.54, 1.807) is 41.5 Å². The van der Waals surface area contributed by atoms with E-state index in [-0.39, 0.29) is 38.8 Å².